The monoisotopic (exact) mass is 390 g/mol. The molecule has 4 N–H and O–H groups in total. The number of methoxy groups -OCH3 is 1. The maximum atomic E-state index is 6.27. The van der Waals surface area contributed by atoms with E-state index in [4.69, 9.17) is 22.1 Å². The summed E-state index contributed by atoms with van der Waals surface area (Å²) in [5.41, 5.74) is 8.48. The predicted octanol–water partition coefficient (Wildman–Crippen LogP) is 2.48. The molecule has 0 aliphatic rings. The van der Waals surface area contributed by atoms with Gasteiger partial charge in [-0.1, -0.05) is 11.6 Å². The minimum atomic E-state index is 0.0916. The van der Waals surface area contributed by atoms with Crippen LogP contribution in [0.25, 0.3) is 22.6 Å². The zero-order valence-corrected chi connectivity index (χ0v) is 16.7. The molecule has 3 heterocycles. The van der Waals surface area contributed by atoms with Crippen LogP contribution in [0.15, 0.2) is 18.5 Å². The number of hydrogen-bond donors (Lipinski definition) is 3. The number of H-pyrrole nitrogens is 1. The van der Waals surface area contributed by atoms with Crippen molar-refractivity contribution >= 4 is 28.3 Å². The Kier molecular flexibility index (Phi) is 5.24. The lowest BCUT2D eigenvalue weighted by Gasteiger charge is -2.16. The highest BCUT2D eigenvalue weighted by atomic mass is 35.5. The molecular formula is C17H23ClN8O. The zero-order valence-electron chi connectivity index (χ0n) is 15.9. The van der Waals surface area contributed by atoms with Crippen LogP contribution in [0.1, 0.15) is 18.8 Å². The number of rotatable bonds is 6. The molecule has 1 atom stereocenters. The molecule has 0 bridgehead atoms. The summed E-state index contributed by atoms with van der Waals surface area (Å²) in [6, 6.07) is 1.90. The molecule has 3 rings (SSSR count). The molecule has 9 nitrogen and oxygen atoms in total. The van der Waals surface area contributed by atoms with Crippen molar-refractivity contribution in [3.63, 3.8) is 0 Å². The second-order valence-corrected chi connectivity index (χ2v) is 6.72. The van der Waals surface area contributed by atoms with Gasteiger partial charge in [0.2, 0.25) is 5.88 Å². The van der Waals surface area contributed by atoms with Crippen LogP contribution in [0.4, 0.5) is 5.69 Å². The SMILES string of the molecule is COc1nc2c(N/C=C\N)c(-c3n[nH]c(C(C)N(C)C)n3)n(C)c2cc1Cl. The van der Waals surface area contributed by atoms with Crippen molar-refractivity contribution in [3.05, 3.63) is 29.3 Å². The molecule has 0 saturated carbocycles. The summed E-state index contributed by atoms with van der Waals surface area (Å²) in [5, 5.41) is 11.0. The Bertz CT molecular complexity index is 991. The Hall–Kier alpha value is -2.78. The van der Waals surface area contributed by atoms with Crippen LogP contribution in [0, 0.1) is 0 Å². The first-order valence-corrected chi connectivity index (χ1v) is 8.72. The molecule has 10 heteroatoms. The van der Waals surface area contributed by atoms with E-state index >= 15 is 0 Å². The van der Waals surface area contributed by atoms with Gasteiger partial charge in [0.15, 0.2) is 5.82 Å². The number of fused-ring (bicyclic) bond motifs is 1. The summed E-state index contributed by atoms with van der Waals surface area (Å²) in [6.07, 6.45) is 3.03. The third kappa shape index (κ3) is 3.31. The van der Waals surface area contributed by atoms with Crippen molar-refractivity contribution in [2.75, 3.05) is 26.5 Å². The van der Waals surface area contributed by atoms with Gasteiger partial charge in [-0.05, 0) is 27.1 Å². The molecule has 0 fully saturated rings. The lowest BCUT2D eigenvalue weighted by Crippen LogP contribution is -2.17. The van der Waals surface area contributed by atoms with E-state index in [0.29, 0.717) is 27.9 Å². The number of pyridine rings is 1. The molecule has 0 spiro atoms. The first-order valence-electron chi connectivity index (χ1n) is 8.34. The van der Waals surface area contributed by atoms with Gasteiger partial charge in [0.05, 0.1) is 24.4 Å². The van der Waals surface area contributed by atoms with Gasteiger partial charge in [-0.3, -0.25) is 10.00 Å². The van der Waals surface area contributed by atoms with Gasteiger partial charge in [-0.2, -0.15) is 5.10 Å². The van der Waals surface area contributed by atoms with Crippen molar-refractivity contribution in [2.24, 2.45) is 12.8 Å². The minimum absolute atomic E-state index is 0.0916. The first-order chi connectivity index (χ1) is 12.9. The minimum Gasteiger partial charge on any atom is -0.480 e. The standard InChI is InChI=1S/C17H23ClN8O/c1-9(25(2)3)15-22-16(24-23-15)14-13(20-7-6-19)12-11(26(14)4)8-10(18)17(21-12)27-5/h6-9,20H,19H2,1-5H3,(H,22,23,24)/b7-6-. The van der Waals surface area contributed by atoms with Gasteiger partial charge in [0, 0.05) is 19.4 Å². The second kappa shape index (κ2) is 7.45. The topological polar surface area (TPSA) is 110 Å². The van der Waals surface area contributed by atoms with E-state index in [2.05, 4.69) is 25.5 Å². The number of ether oxygens (including phenoxy) is 1. The number of halogens is 1. The fraction of sp³-hybridized carbons (Fsp3) is 0.353. The van der Waals surface area contributed by atoms with Gasteiger partial charge < -0.3 is 20.4 Å². The van der Waals surface area contributed by atoms with Crippen LogP contribution in [0.2, 0.25) is 5.02 Å². The average Bonchev–Trinajstić information content (AvgIpc) is 3.22. The van der Waals surface area contributed by atoms with E-state index in [1.165, 1.54) is 13.3 Å². The Morgan fingerprint density at radius 2 is 2.15 bits per heavy atom. The molecule has 0 amide bonds. The van der Waals surface area contributed by atoms with E-state index in [-0.39, 0.29) is 6.04 Å². The number of hydrogen-bond acceptors (Lipinski definition) is 7. The first kappa shape index (κ1) is 19.0. The molecule has 27 heavy (non-hydrogen) atoms. The molecular weight excluding hydrogens is 368 g/mol. The van der Waals surface area contributed by atoms with Crippen LogP contribution in [-0.4, -0.2) is 50.8 Å². The highest BCUT2D eigenvalue weighted by Gasteiger charge is 2.23. The Morgan fingerprint density at radius 3 is 2.78 bits per heavy atom. The second-order valence-electron chi connectivity index (χ2n) is 6.32. The Balaban J connectivity index is 2.23. The average molecular weight is 391 g/mol. The summed E-state index contributed by atoms with van der Waals surface area (Å²) < 4.78 is 7.20. The quantitative estimate of drug-likeness (QED) is 0.593. The summed E-state index contributed by atoms with van der Waals surface area (Å²) in [4.78, 5) is 11.3. The predicted molar refractivity (Wildman–Crippen MR) is 107 cm³/mol. The van der Waals surface area contributed by atoms with Crippen LogP contribution in [0.5, 0.6) is 5.88 Å². The van der Waals surface area contributed by atoms with Gasteiger partial charge in [-0.15, -0.1) is 0 Å². The summed E-state index contributed by atoms with van der Waals surface area (Å²) >= 11 is 6.27. The third-order valence-electron chi connectivity index (χ3n) is 4.50. The van der Waals surface area contributed by atoms with Gasteiger partial charge in [0.1, 0.15) is 22.1 Å². The fourth-order valence-corrected chi connectivity index (χ4v) is 3.01. The zero-order chi connectivity index (χ0) is 19.7. The number of nitrogens with zero attached hydrogens (tertiary/aromatic N) is 5. The van der Waals surface area contributed by atoms with E-state index in [1.54, 1.807) is 12.3 Å². The normalized spacial score (nSPS) is 13.0. The van der Waals surface area contributed by atoms with E-state index in [9.17, 15) is 0 Å². The van der Waals surface area contributed by atoms with E-state index in [1.807, 2.05) is 37.5 Å². The van der Waals surface area contributed by atoms with Crippen LogP contribution >= 0.6 is 11.6 Å². The molecule has 0 aliphatic heterocycles. The largest absolute Gasteiger partial charge is 0.480 e. The molecule has 3 aromatic rings. The van der Waals surface area contributed by atoms with Crippen molar-refractivity contribution in [2.45, 2.75) is 13.0 Å². The molecule has 1 unspecified atom stereocenters. The smallest absolute Gasteiger partial charge is 0.233 e. The fourth-order valence-electron chi connectivity index (χ4n) is 2.79. The molecule has 0 saturated heterocycles. The molecule has 3 aromatic heterocycles. The van der Waals surface area contributed by atoms with Gasteiger partial charge in [-0.25, -0.2) is 9.97 Å². The maximum absolute atomic E-state index is 6.27. The molecule has 0 aromatic carbocycles. The number of nitrogens with one attached hydrogen (secondary N) is 2. The summed E-state index contributed by atoms with van der Waals surface area (Å²) in [6.45, 7) is 2.05. The Labute approximate surface area is 162 Å². The third-order valence-corrected chi connectivity index (χ3v) is 4.77. The molecule has 144 valence electrons. The number of aryl methyl sites for hydroxylation is 1. The number of nitrogens with two attached hydrogens (primary N) is 1. The van der Waals surface area contributed by atoms with Crippen molar-refractivity contribution < 1.29 is 4.74 Å². The highest BCUT2D eigenvalue weighted by molar-refractivity contribution is 6.32. The van der Waals surface area contributed by atoms with Crippen molar-refractivity contribution in [1.82, 2.24) is 29.6 Å². The maximum Gasteiger partial charge on any atom is 0.233 e. The summed E-state index contributed by atoms with van der Waals surface area (Å²) in [7, 11) is 7.41. The number of aromatic amines is 1. The molecule has 0 radical (unpaired) electrons. The van der Waals surface area contributed by atoms with Gasteiger partial charge >= 0.3 is 0 Å². The Morgan fingerprint density at radius 1 is 1.41 bits per heavy atom. The van der Waals surface area contributed by atoms with Crippen LogP contribution in [-0.2, 0) is 7.05 Å². The van der Waals surface area contributed by atoms with Crippen molar-refractivity contribution in [3.8, 4) is 17.4 Å². The van der Waals surface area contributed by atoms with E-state index in [0.717, 1.165) is 17.0 Å². The molecule has 0 aliphatic carbocycles. The lowest BCUT2D eigenvalue weighted by molar-refractivity contribution is 0.309. The van der Waals surface area contributed by atoms with E-state index < -0.39 is 0 Å². The lowest BCUT2D eigenvalue weighted by atomic mass is 10.3. The summed E-state index contributed by atoms with van der Waals surface area (Å²) in [5.74, 6) is 1.66. The van der Waals surface area contributed by atoms with Crippen LogP contribution < -0.4 is 15.8 Å². The number of anilines is 1. The van der Waals surface area contributed by atoms with Crippen LogP contribution in [0.3, 0.4) is 0 Å². The van der Waals surface area contributed by atoms with Gasteiger partial charge in [0.25, 0.3) is 0 Å². The van der Waals surface area contributed by atoms with Crippen molar-refractivity contribution in [1.29, 1.82) is 0 Å². The highest BCUT2D eigenvalue weighted by Crippen LogP contribution is 2.38. The number of aromatic nitrogens is 5.